The van der Waals surface area contributed by atoms with E-state index < -0.39 is 11.1 Å². The van der Waals surface area contributed by atoms with E-state index in [-0.39, 0.29) is 0 Å². The Labute approximate surface area is 177 Å². The first-order chi connectivity index (χ1) is 14.8. The first kappa shape index (κ1) is 19.2. The predicted molar refractivity (Wildman–Crippen MR) is 121 cm³/mol. The van der Waals surface area contributed by atoms with Crippen LogP contribution in [0.25, 0.3) is 9.69 Å². The molecule has 0 heterocycles. The second-order valence-electron chi connectivity index (χ2n) is 7.11. The van der Waals surface area contributed by atoms with Crippen LogP contribution in [-0.2, 0) is 11.1 Å². The van der Waals surface area contributed by atoms with Crippen LogP contribution in [0.1, 0.15) is 22.3 Å². The van der Waals surface area contributed by atoms with Gasteiger partial charge < -0.3 is 0 Å². The van der Waals surface area contributed by atoms with Crippen LogP contribution in [-0.4, -0.2) is 0 Å². The van der Waals surface area contributed by atoms with Gasteiger partial charge >= 0.3 is 11.1 Å². The van der Waals surface area contributed by atoms with Crippen molar-refractivity contribution in [3.8, 4) is 0 Å². The minimum absolute atomic E-state index is 0.801. The van der Waals surface area contributed by atoms with Gasteiger partial charge in [0.1, 0.15) is 0 Å². The molecule has 0 saturated carbocycles. The summed E-state index contributed by atoms with van der Waals surface area (Å²) in [6, 6.07) is 38.9. The summed E-state index contributed by atoms with van der Waals surface area (Å²) in [5, 5.41) is 0. The van der Waals surface area contributed by atoms with Gasteiger partial charge in [0.15, 0.2) is 0 Å². The molecule has 0 spiro atoms. The predicted octanol–water partition coefficient (Wildman–Crippen LogP) is 6.71. The van der Waals surface area contributed by atoms with E-state index in [1.807, 2.05) is 121 Å². The van der Waals surface area contributed by atoms with E-state index >= 15 is 0 Å². The maximum absolute atomic E-state index is 8.52. The molecule has 0 aromatic heterocycles. The Bertz CT molecular complexity index is 1010. The van der Waals surface area contributed by atoms with Gasteiger partial charge in [-0.05, 0) is 0 Å². The first-order valence-corrected chi connectivity index (χ1v) is 9.79. The highest BCUT2D eigenvalue weighted by Gasteiger charge is 2.69. The fourth-order valence-corrected chi connectivity index (χ4v) is 4.31. The molecule has 2 heteroatoms. The highest BCUT2D eigenvalue weighted by atomic mass is 15.0. The zero-order valence-corrected chi connectivity index (χ0v) is 16.4. The van der Waals surface area contributed by atoms with E-state index in [0.717, 1.165) is 22.3 Å². The lowest BCUT2D eigenvalue weighted by Gasteiger charge is -2.34. The van der Waals surface area contributed by atoms with Crippen molar-refractivity contribution in [3.05, 3.63) is 166 Å². The van der Waals surface area contributed by atoms with Crippen LogP contribution >= 0.6 is 0 Å². The summed E-state index contributed by atoms with van der Waals surface area (Å²) in [4.78, 5) is 8.58. The number of hydrogen-bond acceptors (Lipinski definition) is 0. The summed E-state index contributed by atoms with van der Waals surface area (Å²) >= 11 is 0. The smallest absolute Gasteiger partial charge is 0.290 e. The summed E-state index contributed by atoms with van der Waals surface area (Å²) in [6.45, 7) is 17.0. The quantitative estimate of drug-likeness (QED) is 0.338. The van der Waals surface area contributed by atoms with Crippen molar-refractivity contribution in [2.24, 2.45) is 0 Å². The second kappa shape index (κ2) is 8.08. The van der Waals surface area contributed by atoms with Crippen molar-refractivity contribution in [3.63, 3.8) is 0 Å². The van der Waals surface area contributed by atoms with Crippen molar-refractivity contribution in [2.45, 2.75) is 11.1 Å². The molecular weight excluding hydrogens is 364 g/mol. The zero-order valence-electron chi connectivity index (χ0n) is 16.4. The number of rotatable bonds is 5. The van der Waals surface area contributed by atoms with E-state index in [0.29, 0.717) is 0 Å². The largest absolute Gasteiger partial charge is 0.366 e. The third-order valence-corrected chi connectivity index (χ3v) is 5.63. The monoisotopic (exact) mass is 384 g/mol. The highest BCUT2D eigenvalue weighted by Crippen LogP contribution is 2.55. The van der Waals surface area contributed by atoms with Gasteiger partial charge in [0, 0.05) is 0 Å². The Balaban J connectivity index is 2.21. The molecule has 4 aromatic rings. The molecule has 0 N–H and O–H groups in total. The van der Waals surface area contributed by atoms with Gasteiger partial charge in [-0.15, -0.1) is 0 Å². The van der Waals surface area contributed by atoms with Crippen LogP contribution in [0.2, 0.25) is 0 Å². The fourth-order valence-electron chi connectivity index (χ4n) is 4.31. The number of nitrogens with zero attached hydrogens (tertiary/aromatic N) is 2. The maximum Gasteiger partial charge on any atom is 0.366 e. The Kier molecular flexibility index (Phi) is 5.17. The molecule has 0 aliphatic carbocycles. The number of benzene rings is 4. The lowest BCUT2D eigenvalue weighted by Crippen LogP contribution is -2.46. The van der Waals surface area contributed by atoms with Crippen molar-refractivity contribution >= 4 is 0 Å². The van der Waals surface area contributed by atoms with Gasteiger partial charge in [-0.25, -0.2) is 13.1 Å². The Morgan fingerprint density at radius 3 is 0.733 bits per heavy atom. The first-order valence-electron chi connectivity index (χ1n) is 9.79. The van der Waals surface area contributed by atoms with E-state index in [1.54, 1.807) is 0 Å². The minimum atomic E-state index is -1.26. The summed E-state index contributed by atoms with van der Waals surface area (Å²) in [5.74, 6) is 0. The van der Waals surface area contributed by atoms with Crippen LogP contribution in [0.3, 0.4) is 0 Å². The van der Waals surface area contributed by atoms with E-state index in [9.17, 15) is 0 Å². The lowest BCUT2D eigenvalue weighted by molar-refractivity contribution is 0.441. The van der Waals surface area contributed by atoms with Gasteiger partial charge in [0.05, 0.1) is 22.3 Å². The molecule has 142 valence electrons. The summed E-state index contributed by atoms with van der Waals surface area (Å²) in [5.41, 5.74) is 0.676. The standard InChI is InChI=1S/C28H20N2/c1-29-27(23-15-7-3-8-16-23,24-17-9-4-10-18-24)28(30-2,25-19-11-5-12-20-25)26-21-13-6-14-22-26/h3-22H. The van der Waals surface area contributed by atoms with Crippen LogP contribution in [0, 0.1) is 13.1 Å². The molecule has 0 atom stereocenters. The molecule has 0 amide bonds. The summed E-state index contributed by atoms with van der Waals surface area (Å²) in [6.07, 6.45) is 0. The van der Waals surface area contributed by atoms with Gasteiger partial charge in [-0.3, -0.25) is 9.69 Å². The molecule has 0 aliphatic heterocycles. The van der Waals surface area contributed by atoms with Crippen molar-refractivity contribution in [1.29, 1.82) is 0 Å². The molecule has 0 aliphatic rings. The van der Waals surface area contributed by atoms with Crippen molar-refractivity contribution < 1.29 is 0 Å². The molecule has 2 nitrogen and oxygen atoms in total. The van der Waals surface area contributed by atoms with E-state index in [4.69, 9.17) is 13.1 Å². The Hall–Kier alpha value is -4.14. The molecule has 30 heavy (non-hydrogen) atoms. The van der Waals surface area contributed by atoms with Crippen molar-refractivity contribution in [1.82, 2.24) is 0 Å². The van der Waals surface area contributed by atoms with Crippen LogP contribution in [0.5, 0.6) is 0 Å². The second-order valence-corrected chi connectivity index (χ2v) is 7.11. The number of hydrogen-bond donors (Lipinski definition) is 0. The third-order valence-electron chi connectivity index (χ3n) is 5.63. The molecule has 0 unspecified atom stereocenters. The van der Waals surface area contributed by atoms with Gasteiger partial charge in [0.25, 0.3) is 0 Å². The molecular formula is C28H20N2. The highest BCUT2D eigenvalue weighted by molar-refractivity contribution is 5.59. The maximum atomic E-state index is 8.52. The summed E-state index contributed by atoms with van der Waals surface area (Å²) in [7, 11) is 0. The molecule has 0 fully saturated rings. The molecule has 4 aromatic carbocycles. The normalized spacial score (nSPS) is 11.3. The van der Waals surface area contributed by atoms with E-state index in [1.165, 1.54) is 0 Å². The SMILES string of the molecule is [C-]#[N+]C(c1ccccc1)(c1ccccc1)C([N+]#[C-])(c1ccccc1)c1ccccc1. The zero-order chi connectivity index (χ0) is 20.9. The molecule has 0 radical (unpaired) electrons. The minimum Gasteiger partial charge on any atom is -0.290 e. The van der Waals surface area contributed by atoms with Gasteiger partial charge in [-0.1, -0.05) is 121 Å². The third kappa shape index (κ3) is 2.79. The average Bonchev–Trinajstić information content (AvgIpc) is 2.85. The lowest BCUT2D eigenvalue weighted by atomic mass is 9.62. The van der Waals surface area contributed by atoms with Gasteiger partial charge in [-0.2, -0.15) is 0 Å². The van der Waals surface area contributed by atoms with Crippen molar-refractivity contribution in [2.75, 3.05) is 0 Å². The fraction of sp³-hybridized carbons (Fsp3) is 0.0714. The Morgan fingerprint density at radius 2 is 0.567 bits per heavy atom. The molecule has 0 saturated heterocycles. The van der Waals surface area contributed by atoms with Gasteiger partial charge in [0.2, 0.25) is 0 Å². The van der Waals surface area contributed by atoms with Crippen LogP contribution < -0.4 is 0 Å². The van der Waals surface area contributed by atoms with Crippen LogP contribution in [0.15, 0.2) is 121 Å². The Morgan fingerprint density at radius 1 is 0.367 bits per heavy atom. The summed E-state index contributed by atoms with van der Waals surface area (Å²) < 4.78 is 0. The van der Waals surface area contributed by atoms with E-state index in [2.05, 4.69) is 9.69 Å². The molecule has 4 rings (SSSR count). The van der Waals surface area contributed by atoms with Crippen LogP contribution in [0.4, 0.5) is 0 Å². The topological polar surface area (TPSA) is 8.72 Å². The molecule has 0 bridgehead atoms. The average molecular weight is 384 g/mol.